The first kappa shape index (κ1) is 14.2. The monoisotopic (exact) mass is 311 g/mol. The molecule has 0 aliphatic heterocycles. The van der Waals surface area contributed by atoms with E-state index in [-0.39, 0.29) is 21.3 Å². The van der Waals surface area contributed by atoms with E-state index in [2.05, 4.69) is 10.3 Å². The van der Waals surface area contributed by atoms with Crippen molar-refractivity contribution in [1.29, 1.82) is 0 Å². The number of aromatic nitrogens is 1. The third-order valence-corrected chi connectivity index (χ3v) is 3.18. The van der Waals surface area contributed by atoms with Gasteiger partial charge >= 0.3 is 0 Å². The van der Waals surface area contributed by atoms with Crippen molar-refractivity contribution in [2.24, 2.45) is 0 Å². The second kappa shape index (κ2) is 5.85. The molecule has 8 heteroatoms. The molecule has 2 aromatic rings. The van der Waals surface area contributed by atoms with Gasteiger partial charge in [-0.05, 0) is 12.1 Å². The largest absolute Gasteiger partial charge is 0.307 e. The summed E-state index contributed by atoms with van der Waals surface area (Å²) in [5, 5.41) is 13.1. The van der Waals surface area contributed by atoms with Gasteiger partial charge in [-0.1, -0.05) is 29.3 Å². The topological polar surface area (TPSA) is 85.1 Å². The molecule has 1 aromatic carbocycles. The molecule has 0 unspecified atom stereocenters. The van der Waals surface area contributed by atoms with Crippen molar-refractivity contribution in [3.8, 4) is 0 Å². The third-order valence-electron chi connectivity index (χ3n) is 2.37. The van der Waals surface area contributed by atoms with Crippen molar-refractivity contribution in [2.75, 3.05) is 5.32 Å². The fraction of sp³-hybridized carbons (Fsp3) is 0. The fourth-order valence-electron chi connectivity index (χ4n) is 1.47. The highest BCUT2D eigenvalue weighted by molar-refractivity contribution is 6.44. The summed E-state index contributed by atoms with van der Waals surface area (Å²) >= 11 is 11.7. The molecule has 1 aromatic heterocycles. The Labute approximate surface area is 123 Å². The average molecular weight is 312 g/mol. The summed E-state index contributed by atoms with van der Waals surface area (Å²) in [7, 11) is 0. The number of anilines is 1. The average Bonchev–Trinajstić information content (AvgIpc) is 2.42. The SMILES string of the molecule is O=C(Nc1ccccn1)c1cc([N+](=O)[O-])cc(Cl)c1Cl. The molecule has 1 N–H and O–H groups in total. The zero-order valence-electron chi connectivity index (χ0n) is 9.84. The molecule has 2 rings (SSSR count). The minimum atomic E-state index is -0.653. The van der Waals surface area contributed by atoms with Crippen LogP contribution in [0, 0.1) is 10.1 Å². The molecule has 0 aliphatic rings. The first-order valence-electron chi connectivity index (χ1n) is 5.35. The molecular formula is C12H7Cl2N3O3. The van der Waals surface area contributed by atoms with Crippen molar-refractivity contribution >= 4 is 40.6 Å². The van der Waals surface area contributed by atoms with E-state index in [4.69, 9.17) is 23.2 Å². The maximum Gasteiger partial charge on any atom is 0.271 e. The Morgan fingerprint density at radius 1 is 1.30 bits per heavy atom. The molecule has 0 saturated carbocycles. The van der Waals surface area contributed by atoms with Crippen LogP contribution in [0.4, 0.5) is 11.5 Å². The Balaban J connectivity index is 2.36. The van der Waals surface area contributed by atoms with Gasteiger partial charge in [0.05, 0.1) is 20.5 Å². The first-order chi connectivity index (χ1) is 9.49. The Hall–Kier alpha value is -2.18. The number of hydrogen-bond donors (Lipinski definition) is 1. The zero-order valence-corrected chi connectivity index (χ0v) is 11.4. The number of nitro benzene ring substituents is 1. The number of nitrogens with one attached hydrogen (secondary N) is 1. The number of halogens is 2. The molecule has 1 amide bonds. The van der Waals surface area contributed by atoms with Crippen LogP contribution in [0.15, 0.2) is 36.5 Å². The second-order valence-electron chi connectivity index (χ2n) is 3.72. The van der Waals surface area contributed by atoms with Crippen LogP contribution < -0.4 is 5.32 Å². The number of nitrogens with zero attached hydrogens (tertiary/aromatic N) is 2. The number of rotatable bonds is 3. The molecule has 0 radical (unpaired) electrons. The van der Waals surface area contributed by atoms with E-state index in [0.29, 0.717) is 5.82 Å². The van der Waals surface area contributed by atoms with Crippen LogP contribution >= 0.6 is 23.2 Å². The quantitative estimate of drug-likeness (QED) is 0.693. The molecule has 0 bridgehead atoms. The van der Waals surface area contributed by atoms with Crippen LogP contribution in [-0.2, 0) is 0 Å². The zero-order chi connectivity index (χ0) is 14.7. The highest BCUT2D eigenvalue weighted by Gasteiger charge is 2.19. The smallest absolute Gasteiger partial charge is 0.271 e. The van der Waals surface area contributed by atoms with E-state index in [9.17, 15) is 14.9 Å². The maximum absolute atomic E-state index is 12.0. The summed E-state index contributed by atoms with van der Waals surface area (Å²) < 4.78 is 0. The van der Waals surface area contributed by atoms with E-state index >= 15 is 0 Å². The number of nitro groups is 1. The molecule has 20 heavy (non-hydrogen) atoms. The Bertz CT molecular complexity index is 677. The number of non-ortho nitro benzene ring substituents is 1. The van der Waals surface area contributed by atoms with Gasteiger partial charge in [0.25, 0.3) is 11.6 Å². The molecule has 6 nitrogen and oxygen atoms in total. The first-order valence-corrected chi connectivity index (χ1v) is 6.10. The van der Waals surface area contributed by atoms with Crippen LogP contribution in [0.2, 0.25) is 10.0 Å². The number of amides is 1. The summed E-state index contributed by atoms with van der Waals surface area (Å²) in [6, 6.07) is 7.09. The molecular weight excluding hydrogens is 305 g/mol. The van der Waals surface area contributed by atoms with Gasteiger partial charge in [0, 0.05) is 18.3 Å². The molecule has 0 atom stereocenters. The summed E-state index contributed by atoms with van der Waals surface area (Å²) in [6.07, 6.45) is 1.50. The van der Waals surface area contributed by atoms with Gasteiger partial charge in [-0.2, -0.15) is 0 Å². The van der Waals surface area contributed by atoms with Crippen molar-refractivity contribution in [1.82, 2.24) is 4.98 Å². The number of benzene rings is 1. The van der Waals surface area contributed by atoms with Crippen molar-refractivity contribution < 1.29 is 9.72 Å². The normalized spacial score (nSPS) is 10.1. The van der Waals surface area contributed by atoms with Gasteiger partial charge in [0.15, 0.2) is 0 Å². The summed E-state index contributed by atoms with van der Waals surface area (Å²) in [6.45, 7) is 0. The molecule has 0 aliphatic carbocycles. The van der Waals surface area contributed by atoms with Gasteiger partial charge in [-0.3, -0.25) is 14.9 Å². The Kier molecular flexibility index (Phi) is 4.16. The van der Waals surface area contributed by atoms with Crippen molar-refractivity contribution in [3.63, 3.8) is 0 Å². The highest BCUT2D eigenvalue weighted by atomic mass is 35.5. The van der Waals surface area contributed by atoms with Crippen LogP contribution in [-0.4, -0.2) is 15.8 Å². The highest BCUT2D eigenvalue weighted by Crippen LogP contribution is 2.31. The summed E-state index contributed by atoms with van der Waals surface area (Å²) in [4.78, 5) is 26.1. The number of pyridine rings is 1. The Morgan fingerprint density at radius 3 is 2.65 bits per heavy atom. The van der Waals surface area contributed by atoms with Gasteiger partial charge in [0.1, 0.15) is 5.82 Å². The van der Waals surface area contributed by atoms with Crippen LogP contribution in [0.3, 0.4) is 0 Å². The lowest BCUT2D eigenvalue weighted by Gasteiger charge is -2.07. The molecule has 0 saturated heterocycles. The van der Waals surface area contributed by atoms with Crippen molar-refractivity contribution in [2.45, 2.75) is 0 Å². The van der Waals surface area contributed by atoms with Gasteiger partial charge in [-0.15, -0.1) is 0 Å². The van der Waals surface area contributed by atoms with Crippen LogP contribution in [0.1, 0.15) is 10.4 Å². The van der Waals surface area contributed by atoms with E-state index in [1.54, 1.807) is 18.2 Å². The Morgan fingerprint density at radius 2 is 2.05 bits per heavy atom. The van der Waals surface area contributed by atoms with Gasteiger partial charge in [-0.25, -0.2) is 4.98 Å². The molecule has 1 heterocycles. The minimum Gasteiger partial charge on any atom is -0.307 e. The standard InChI is InChI=1S/C12H7Cl2N3O3/c13-9-6-7(17(19)20)5-8(11(9)14)12(18)16-10-3-1-2-4-15-10/h1-6H,(H,15,16,18). The molecule has 0 spiro atoms. The van der Waals surface area contributed by atoms with E-state index in [1.807, 2.05) is 0 Å². The van der Waals surface area contributed by atoms with E-state index < -0.39 is 10.8 Å². The second-order valence-corrected chi connectivity index (χ2v) is 4.50. The number of carbonyl (C=O) groups excluding carboxylic acids is 1. The molecule has 102 valence electrons. The van der Waals surface area contributed by atoms with E-state index in [0.717, 1.165) is 12.1 Å². The number of carbonyl (C=O) groups is 1. The predicted octanol–water partition coefficient (Wildman–Crippen LogP) is 3.55. The predicted molar refractivity (Wildman–Crippen MR) is 75.3 cm³/mol. The van der Waals surface area contributed by atoms with Crippen molar-refractivity contribution in [3.05, 3.63) is 62.3 Å². The lowest BCUT2D eigenvalue weighted by molar-refractivity contribution is -0.384. The maximum atomic E-state index is 12.0. The lowest BCUT2D eigenvalue weighted by atomic mass is 10.2. The summed E-state index contributed by atoms with van der Waals surface area (Å²) in [5.41, 5.74) is -0.401. The third kappa shape index (κ3) is 3.04. The minimum absolute atomic E-state index is 0.0503. The van der Waals surface area contributed by atoms with E-state index in [1.165, 1.54) is 6.20 Å². The summed E-state index contributed by atoms with van der Waals surface area (Å²) in [5.74, 6) is -0.324. The lowest BCUT2D eigenvalue weighted by Crippen LogP contribution is -2.13. The van der Waals surface area contributed by atoms with Crippen LogP contribution in [0.25, 0.3) is 0 Å². The number of hydrogen-bond acceptors (Lipinski definition) is 4. The molecule has 0 fully saturated rings. The van der Waals surface area contributed by atoms with Gasteiger partial charge < -0.3 is 5.32 Å². The van der Waals surface area contributed by atoms with Crippen LogP contribution in [0.5, 0.6) is 0 Å². The fourth-order valence-corrected chi connectivity index (χ4v) is 1.87. The van der Waals surface area contributed by atoms with Gasteiger partial charge in [0.2, 0.25) is 0 Å².